The summed E-state index contributed by atoms with van der Waals surface area (Å²) in [5.74, 6) is -0.819. The first-order chi connectivity index (χ1) is 13.2. The molecule has 0 saturated carbocycles. The van der Waals surface area contributed by atoms with Gasteiger partial charge in [-0.15, -0.1) is 6.58 Å². The molecule has 0 fully saturated rings. The van der Waals surface area contributed by atoms with Gasteiger partial charge in [-0.1, -0.05) is 24.3 Å². The Kier molecular flexibility index (Phi) is 4.47. The van der Waals surface area contributed by atoms with E-state index in [1.165, 1.54) is 0 Å². The maximum absolute atomic E-state index is 11.3. The molecule has 0 saturated heterocycles. The molecule has 2 aromatic heterocycles. The Bertz CT molecular complexity index is 1160. The highest BCUT2D eigenvalue weighted by Gasteiger charge is 2.12. The number of aliphatic carboxylic acids is 1. The number of hydrogen-bond donors (Lipinski definition) is 1. The summed E-state index contributed by atoms with van der Waals surface area (Å²) in [5.41, 5.74) is 5.02. The summed E-state index contributed by atoms with van der Waals surface area (Å²) in [6, 6.07) is 16.4. The minimum absolute atomic E-state index is 0.0166. The van der Waals surface area contributed by atoms with E-state index in [1.807, 2.05) is 30.5 Å². The van der Waals surface area contributed by atoms with Gasteiger partial charge in [0.2, 0.25) is 0 Å². The Morgan fingerprint density at radius 3 is 2.78 bits per heavy atom. The average molecular weight is 356 g/mol. The first-order valence-electron chi connectivity index (χ1n) is 8.95. The number of hydrogen-bond acceptors (Lipinski definition) is 2. The quantitative estimate of drug-likeness (QED) is 0.491. The van der Waals surface area contributed by atoms with Crippen molar-refractivity contribution in [1.29, 1.82) is 0 Å². The van der Waals surface area contributed by atoms with Crippen LogP contribution in [0.15, 0.2) is 73.6 Å². The number of rotatable bonds is 6. The lowest BCUT2D eigenvalue weighted by Crippen LogP contribution is -1.99. The van der Waals surface area contributed by atoms with E-state index in [-0.39, 0.29) is 6.42 Å². The molecule has 2 heterocycles. The summed E-state index contributed by atoms with van der Waals surface area (Å²) in [7, 11) is 0. The van der Waals surface area contributed by atoms with Crippen LogP contribution >= 0.6 is 0 Å². The van der Waals surface area contributed by atoms with Crippen LogP contribution in [-0.2, 0) is 17.8 Å². The number of fused-ring (bicyclic) bond motifs is 2. The number of aromatic nitrogens is 2. The lowest BCUT2D eigenvalue weighted by molar-refractivity contribution is -0.136. The predicted octanol–water partition coefficient (Wildman–Crippen LogP) is 5.06. The van der Waals surface area contributed by atoms with Gasteiger partial charge in [0.25, 0.3) is 0 Å². The third-order valence-corrected chi connectivity index (χ3v) is 4.82. The van der Waals surface area contributed by atoms with Crippen molar-refractivity contribution < 1.29 is 9.90 Å². The van der Waals surface area contributed by atoms with Gasteiger partial charge in [0.15, 0.2) is 0 Å². The predicted molar refractivity (Wildman–Crippen MR) is 109 cm³/mol. The number of benzene rings is 2. The number of aryl methyl sites for hydroxylation is 1. The first-order valence-corrected chi connectivity index (χ1v) is 8.95. The van der Waals surface area contributed by atoms with Gasteiger partial charge in [0.1, 0.15) is 0 Å². The van der Waals surface area contributed by atoms with E-state index in [0.717, 1.165) is 51.5 Å². The van der Waals surface area contributed by atoms with Crippen molar-refractivity contribution in [2.75, 3.05) is 0 Å². The fourth-order valence-corrected chi connectivity index (χ4v) is 3.52. The third kappa shape index (κ3) is 3.34. The van der Waals surface area contributed by atoms with Crippen LogP contribution in [0, 0.1) is 0 Å². The Hall–Kier alpha value is -3.40. The number of carboxylic acids is 1. The Labute approximate surface area is 157 Å². The zero-order chi connectivity index (χ0) is 18.8. The van der Waals surface area contributed by atoms with Crippen molar-refractivity contribution >= 4 is 27.8 Å². The Morgan fingerprint density at radius 2 is 1.96 bits per heavy atom. The van der Waals surface area contributed by atoms with Crippen molar-refractivity contribution in [3.63, 3.8) is 0 Å². The molecule has 1 N–H and O–H groups in total. The molecular weight excluding hydrogens is 336 g/mol. The molecule has 0 bridgehead atoms. The van der Waals surface area contributed by atoms with Crippen LogP contribution in [0.1, 0.15) is 12.0 Å². The second-order valence-electron chi connectivity index (χ2n) is 6.64. The molecule has 0 aliphatic rings. The Balaban J connectivity index is 1.83. The van der Waals surface area contributed by atoms with Crippen LogP contribution < -0.4 is 0 Å². The molecule has 0 radical (unpaired) electrons. The van der Waals surface area contributed by atoms with Gasteiger partial charge >= 0.3 is 5.97 Å². The van der Waals surface area contributed by atoms with Gasteiger partial charge in [-0.3, -0.25) is 9.78 Å². The van der Waals surface area contributed by atoms with E-state index < -0.39 is 5.97 Å². The molecule has 0 spiro atoms. The molecule has 4 aromatic rings. The highest BCUT2D eigenvalue weighted by atomic mass is 16.4. The minimum Gasteiger partial charge on any atom is -0.481 e. The lowest BCUT2D eigenvalue weighted by Gasteiger charge is -2.07. The molecule has 27 heavy (non-hydrogen) atoms. The van der Waals surface area contributed by atoms with Gasteiger partial charge in [-0.2, -0.15) is 0 Å². The van der Waals surface area contributed by atoms with Crippen molar-refractivity contribution in [3.8, 4) is 11.1 Å². The summed E-state index contributed by atoms with van der Waals surface area (Å²) < 4.78 is 2.11. The zero-order valence-corrected chi connectivity index (χ0v) is 14.9. The number of carboxylic acid groups (broad SMARTS) is 1. The highest BCUT2D eigenvalue weighted by Crippen LogP contribution is 2.30. The van der Waals surface area contributed by atoms with Gasteiger partial charge in [0.05, 0.1) is 11.9 Å². The van der Waals surface area contributed by atoms with Crippen LogP contribution in [0.5, 0.6) is 0 Å². The van der Waals surface area contributed by atoms with Crippen LogP contribution in [0.25, 0.3) is 32.9 Å². The molecule has 0 unspecified atom stereocenters. The molecule has 0 aliphatic carbocycles. The van der Waals surface area contributed by atoms with Gasteiger partial charge in [0, 0.05) is 35.2 Å². The summed E-state index contributed by atoms with van der Waals surface area (Å²) in [6.07, 6.45) is 6.48. The average Bonchev–Trinajstić information content (AvgIpc) is 3.02. The maximum Gasteiger partial charge on any atom is 0.307 e. The highest BCUT2D eigenvalue weighted by molar-refractivity contribution is 5.92. The fraction of sp³-hybridized carbons (Fsp3) is 0.130. The SMILES string of the molecule is C=CCCn1cc(CC(=O)O)c2cc(-c3ccc4ncccc4c3)ccc21. The zero-order valence-electron chi connectivity index (χ0n) is 14.9. The van der Waals surface area contributed by atoms with Crippen LogP contribution in [0.2, 0.25) is 0 Å². The van der Waals surface area contributed by atoms with Crippen LogP contribution in [0.3, 0.4) is 0 Å². The van der Waals surface area contributed by atoms with Crippen molar-refractivity contribution in [1.82, 2.24) is 9.55 Å². The molecule has 4 nitrogen and oxygen atoms in total. The Morgan fingerprint density at radius 1 is 1.15 bits per heavy atom. The number of carbonyl (C=O) groups is 1. The first kappa shape index (κ1) is 17.0. The maximum atomic E-state index is 11.3. The number of nitrogens with zero attached hydrogens (tertiary/aromatic N) is 2. The van der Waals surface area contributed by atoms with Gasteiger partial charge in [-0.25, -0.2) is 0 Å². The summed E-state index contributed by atoms with van der Waals surface area (Å²) in [4.78, 5) is 15.7. The molecule has 134 valence electrons. The van der Waals surface area contributed by atoms with Crippen LogP contribution in [-0.4, -0.2) is 20.6 Å². The van der Waals surface area contributed by atoms with E-state index >= 15 is 0 Å². The fourth-order valence-electron chi connectivity index (χ4n) is 3.52. The molecule has 0 atom stereocenters. The van der Waals surface area contributed by atoms with Crippen LogP contribution in [0.4, 0.5) is 0 Å². The molecule has 2 aromatic carbocycles. The van der Waals surface area contributed by atoms with E-state index in [4.69, 9.17) is 0 Å². The monoisotopic (exact) mass is 356 g/mol. The number of pyridine rings is 1. The van der Waals surface area contributed by atoms with Gasteiger partial charge in [-0.05, 0) is 53.4 Å². The second kappa shape index (κ2) is 7.08. The smallest absolute Gasteiger partial charge is 0.307 e. The largest absolute Gasteiger partial charge is 0.481 e. The molecule has 4 rings (SSSR count). The van der Waals surface area contributed by atoms with Gasteiger partial charge < -0.3 is 9.67 Å². The summed E-state index contributed by atoms with van der Waals surface area (Å²) >= 11 is 0. The van der Waals surface area contributed by atoms with E-state index in [0.29, 0.717) is 0 Å². The van der Waals surface area contributed by atoms with Crippen molar-refractivity contribution in [2.24, 2.45) is 0 Å². The standard InChI is InChI=1S/C23H20N2O2/c1-2-3-11-25-15-19(14-23(26)27)20-13-17(7-9-22(20)25)16-6-8-21-18(12-16)5-4-10-24-21/h2,4-10,12-13,15H,1,3,11,14H2,(H,26,27). The lowest BCUT2D eigenvalue weighted by atomic mass is 10.0. The summed E-state index contributed by atoms with van der Waals surface area (Å²) in [6.45, 7) is 4.57. The van der Waals surface area contributed by atoms with Crippen molar-refractivity contribution in [3.05, 3.63) is 79.1 Å². The molecular formula is C23H20N2O2. The number of allylic oxidation sites excluding steroid dienone is 1. The topological polar surface area (TPSA) is 55.1 Å². The van der Waals surface area contributed by atoms with E-state index in [9.17, 15) is 9.90 Å². The summed E-state index contributed by atoms with van der Waals surface area (Å²) in [5, 5.41) is 11.4. The third-order valence-electron chi connectivity index (χ3n) is 4.82. The minimum atomic E-state index is -0.819. The van der Waals surface area contributed by atoms with Crippen molar-refractivity contribution in [2.45, 2.75) is 19.4 Å². The second-order valence-corrected chi connectivity index (χ2v) is 6.64. The normalized spacial score (nSPS) is 11.1. The molecule has 0 amide bonds. The molecule has 4 heteroatoms. The molecule has 0 aliphatic heterocycles. The van der Waals surface area contributed by atoms with E-state index in [1.54, 1.807) is 6.20 Å². The van der Waals surface area contributed by atoms with E-state index in [2.05, 4.69) is 46.5 Å².